The van der Waals surface area contributed by atoms with Crippen LogP contribution in [0.2, 0.25) is 0 Å². The second-order valence-electron chi connectivity index (χ2n) is 3.83. The van der Waals surface area contributed by atoms with Crippen molar-refractivity contribution in [2.24, 2.45) is 10.2 Å². The Labute approximate surface area is 108 Å². The van der Waals surface area contributed by atoms with Crippen molar-refractivity contribution in [3.05, 3.63) is 39.7 Å². The zero-order valence-corrected chi connectivity index (χ0v) is 11.4. The van der Waals surface area contributed by atoms with Gasteiger partial charge in [-0.2, -0.15) is 0 Å². The lowest BCUT2D eigenvalue weighted by molar-refractivity contribution is 0.393. The van der Waals surface area contributed by atoms with E-state index in [1.54, 1.807) is 0 Å². The van der Waals surface area contributed by atoms with Crippen LogP contribution in [0.4, 0.5) is 11.4 Å². The molecule has 0 aliphatic carbocycles. The first kappa shape index (κ1) is 12.0. The van der Waals surface area contributed by atoms with E-state index in [4.69, 9.17) is 4.52 Å². The highest BCUT2D eigenvalue weighted by Gasteiger charge is 2.07. The summed E-state index contributed by atoms with van der Waals surface area (Å²) in [5.41, 5.74) is 3.40. The fourth-order valence-electron chi connectivity index (χ4n) is 1.42. The molecular formula is C12H12BrN3O. The van der Waals surface area contributed by atoms with Crippen molar-refractivity contribution in [1.29, 1.82) is 0 Å². The lowest BCUT2D eigenvalue weighted by Crippen LogP contribution is -1.73. The number of rotatable bonds is 2. The van der Waals surface area contributed by atoms with Crippen LogP contribution in [0, 0.1) is 20.8 Å². The van der Waals surface area contributed by atoms with Crippen molar-refractivity contribution in [2.75, 3.05) is 0 Å². The molecule has 0 atom stereocenters. The van der Waals surface area contributed by atoms with Crippen LogP contribution in [0.3, 0.4) is 0 Å². The van der Waals surface area contributed by atoms with Crippen molar-refractivity contribution >= 4 is 27.3 Å². The van der Waals surface area contributed by atoms with Crippen LogP contribution in [-0.2, 0) is 0 Å². The summed E-state index contributed by atoms with van der Waals surface area (Å²) in [6.07, 6.45) is 0. The van der Waals surface area contributed by atoms with Crippen LogP contribution >= 0.6 is 15.9 Å². The fourth-order valence-corrected chi connectivity index (χ4v) is 1.99. The molecule has 1 aromatic carbocycles. The Morgan fingerprint density at radius 3 is 2.53 bits per heavy atom. The lowest BCUT2D eigenvalue weighted by atomic mass is 10.2. The summed E-state index contributed by atoms with van der Waals surface area (Å²) in [6, 6.07) is 5.91. The van der Waals surface area contributed by atoms with Gasteiger partial charge < -0.3 is 4.52 Å². The number of aryl methyl sites for hydroxylation is 3. The van der Waals surface area contributed by atoms with E-state index >= 15 is 0 Å². The molecule has 17 heavy (non-hydrogen) atoms. The van der Waals surface area contributed by atoms with Gasteiger partial charge in [0.25, 0.3) is 0 Å². The minimum absolute atomic E-state index is 0.675. The maximum atomic E-state index is 5.02. The van der Waals surface area contributed by atoms with Gasteiger partial charge in [0.05, 0.1) is 5.69 Å². The highest BCUT2D eigenvalue weighted by atomic mass is 79.9. The molecule has 0 fully saturated rings. The third kappa shape index (κ3) is 2.61. The largest absolute Gasteiger partial charge is 0.359 e. The summed E-state index contributed by atoms with van der Waals surface area (Å²) in [7, 11) is 0. The van der Waals surface area contributed by atoms with E-state index in [1.807, 2.05) is 39.0 Å². The molecule has 0 spiro atoms. The number of azo groups is 1. The first-order valence-electron chi connectivity index (χ1n) is 5.18. The van der Waals surface area contributed by atoms with Gasteiger partial charge in [0.1, 0.15) is 5.69 Å². The molecule has 0 radical (unpaired) electrons. The van der Waals surface area contributed by atoms with Crippen molar-refractivity contribution in [3.63, 3.8) is 0 Å². The number of halogens is 1. The van der Waals surface area contributed by atoms with Crippen molar-refractivity contribution < 1.29 is 4.52 Å². The number of hydrogen-bond donors (Lipinski definition) is 0. The van der Waals surface area contributed by atoms with Gasteiger partial charge in [-0.1, -0.05) is 11.2 Å². The standard InChI is InChI=1S/C12H12BrN3O/c1-7-4-5-11(10(13)6-7)14-15-12-8(2)16-17-9(12)3/h4-6H,1-3H3. The average molecular weight is 294 g/mol. The molecule has 0 unspecified atom stereocenters. The third-order valence-corrected chi connectivity index (χ3v) is 2.99. The van der Waals surface area contributed by atoms with E-state index in [-0.39, 0.29) is 0 Å². The number of aromatic nitrogens is 1. The second kappa shape index (κ2) is 4.79. The highest BCUT2D eigenvalue weighted by Crippen LogP contribution is 2.30. The molecule has 0 bridgehead atoms. The van der Waals surface area contributed by atoms with Crippen LogP contribution in [0.15, 0.2) is 37.4 Å². The number of hydrogen-bond acceptors (Lipinski definition) is 4. The first-order chi connectivity index (χ1) is 8.08. The Morgan fingerprint density at radius 1 is 1.18 bits per heavy atom. The van der Waals surface area contributed by atoms with E-state index in [2.05, 4.69) is 31.3 Å². The summed E-state index contributed by atoms with van der Waals surface area (Å²) in [6.45, 7) is 5.69. The molecular weight excluding hydrogens is 282 g/mol. The molecule has 0 aliphatic heterocycles. The van der Waals surface area contributed by atoms with Crippen LogP contribution in [0.5, 0.6) is 0 Å². The molecule has 0 amide bonds. The molecule has 5 heteroatoms. The van der Waals surface area contributed by atoms with E-state index in [0.717, 1.165) is 15.9 Å². The molecule has 1 aromatic heterocycles. The molecule has 2 aromatic rings. The maximum Gasteiger partial charge on any atom is 0.161 e. The zero-order chi connectivity index (χ0) is 12.4. The topological polar surface area (TPSA) is 50.8 Å². The van der Waals surface area contributed by atoms with Crippen LogP contribution < -0.4 is 0 Å². The molecule has 2 rings (SSSR count). The summed E-state index contributed by atoms with van der Waals surface area (Å²) in [5.74, 6) is 0.675. The smallest absolute Gasteiger partial charge is 0.161 e. The van der Waals surface area contributed by atoms with E-state index in [1.165, 1.54) is 5.56 Å². The molecule has 0 saturated carbocycles. The van der Waals surface area contributed by atoms with Gasteiger partial charge in [-0.05, 0) is 54.4 Å². The van der Waals surface area contributed by atoms with Crippen LogP contribution in [0.1, 0.15) is 17.0 Å². The maximum absolute atomic E-state index is 5.02. The van der Waals surface area contributed by atoms with Crippen molar-refractivity contribution in [1.82, 2.24) is 5.16 Å². The van der Waals surface area contributed by atoms with Gasteiger partial charge in [-0.15, -0.1) is 10.2 Å². The van der Waals surface area contributed by atoms with Gasteiger partial charge in [0.15, 0.2) is 11.4 Å². The SMILES string of the molecule is Cc1ccc(N=Nc2c(C)noc2C)c(Br)c1. The van der Waals surface area contributed by atoms with Crippen molar-refractivity contribution in [3.8, 4) is 0 Å². The number of benzene rings is 1. The van der Waals surface area contributed by atoms with Gasteiger partial charge in [0, 0.05) is 4.47 Å². The molecule has 88 valence electrons. The third-order valence-electron chi connectivity index (χ3n) is 2.36. The highest BCUT2D eigenvalue weighted by molar-refractivity contribution is 9.10. The molecule has 0 saturated heterocycles. The quantitative estimate of drug-likeness (QED) is 0.748. The molecule has 1 heterocycles. The van der Waals surface area contributed by atoms with Gasteiger partial charge in [-0.25, -0.2) is 0 Å². The minimum atomic E-state index is 0.675. The predicted octanol–water partition coefficient (Wildman–Crippen LogP) is 4.78. The summed E-state index contributed by atoms with van der Waals surface area (Å²) >= 11 is 3.46. The summed E-state index contributed by atoms with van der Waals surface area (Å²) in [4.78, 5) is 0. The average Bonchev–Trinajstić information content (AvgIpc) is 2.58. The number of nitrogens with zero attached hydrogens (tertiary/aromatic N) is 3. The van der Waals surface area contributed by atoms with E-state index < -0.39 is 0 Å². The predicted molar refractivity (Wildman–Crippen MR) is 69.0 cm³/mol. The van der Waals surface area contributed by atoms with Crippen LogP contribution in [0.25, 0.3) is 0 Å². The molecule has 4 nitrogen and oxygen atoms in total. The van der Waals surface area contributed by atoms with E-state index in [0.29, 0.717) is 11.4 Å². The molecule has 0 N–H and O–H groups in total. The van der Waals surface area contributed by atoms with Crippen molar-refractivity contribution in [2.45, 2.75) is 20.8 Å². The summed E-state index contributed by atoms with van der Waals surface area (Å²) < 4.78 is 5.94. The second-order valence-corrected chi connectivity index (χ2v) is 4.68. The Balaban J connectivity index is 2.32. The Hall–Kier alpha value is -1.49. The minimum Gasteiger partial charge on any atom is -0.359 e. The normalized spacial score (nSPS) is 11.3. The monoisotopic (exact) mass is 293 g/mol. The lowest BCUT2D eigenvalue weighted by Gasteiger charge is -1.98. The fraction of sp³-hybridized carbons (Fsp3) is 0.250. The van der Waals surface area contributed by atoms with Gasteiger partial charge in [0.2, 0.25) is 0 Å². The van der Waals surface area contributed by atoms with Gasteiger partial charge in [-0.3, -0.25) is 0 Å². The molecule has 0 aliphatic rings. The van der Waals surface area contributed by atoms with Gasteiger partial charge >= 0.3 is 0 Å². The Kier molecular flexibility index (Phi) is 3.38. The van der Waals surface area contributed by atoms with Crippen LogP contribution in [-0.4, -0.2) is 5.16 Å². The Bertz CT molecular complexity index is 556. The summed E-state index contributed by atoms with van der Waals surface area (Å²) in [5, 5.41) is 12.2. The zero-order valence-electron chi connectivity index (χ0n) is 9.86. The first-order valence-corrected chi connectivity index (χ1v) is 5.98. The Morgan fingerprint density at radius 2 is 1.94 bits per heavy atom. The van der Waals surface area contributed by atoms with E-state index in [9.17, 15) is 0 Å².